The highest BCUT2D eigenvalue weighted by Crippen LogP contribution is 2.76. The summed E-state index contributed by atoms with van der Waals surface area (Å²) in [4.78, 5) is 12.2. The van der Waals surface area contributed by atoms with Crippen LogP contribution in [0.3, 0.4) is 0 Å². The third-order valence-electron chi connectivity index (χ3n) is 17.4. The summed E-state index contributed by atoms with van der Waals surface area (Å²) in [6, 6.07) is 0. The molecule has 0 spiro atoms. The van der Waals surface area contributed by atoms with Crippen LogP contribution in [0.4, 0.5) is 0 Å². The summed E-state index contributed by atoms with van der Waals surface area (Å²) in [7, 11) is 0. The van der Waals surface area contributed by atoms with Crippen molar-refractivity contribution >= 4 is 5.97 Å². The molecule has 0 amide bonds. The van der Waals surface area contributed by atoms with Crippen molar-refractivity contribution in [3.8, 4) is 0 Å². The highest BCUT2D eigenvalue weighted by molar-refractivity contribution is 5.73. The minimum atomic E-state index is -1.97. The molecule has 6 fully saturated rings. The van der Waals surface area contributed by atoms with Gasteiger partial charge in [-0.1, -0.05) is 60.1 Å². The molecule has 2 heterocycles. The van der Waals surface area contributed by atoms with E-state index in [0.29, 0.717) is 18.3 Å². The Morgan fingerprint density at radius 3 is 2.09 bits per heavy atom. The fraction of sp³-hybridized carbons (Fsp3) is 0.929. The Bertz CT molecular complexity index is 1520. The van der Waals surface area contributed by atoms with E-state index in [2.05, 4.69) is 47.6 Å². The zero-order valence-electron chi connectivity index (χ0n) is 34.1. The molecule has 320 valence electrons. The van der Waals surface area contributed by atoms with Crippen LogP contribution < -0.4 is 0 Å². The molecule has 2 aliphatic heterocycles. The van der Waals surface area contributed by atoms with Gasteiger partial charge < -0.3 is 64.9 Å². The molecular formula is C42H68O14. The maximum atomic E-state index is 12.2. The molecule has 56 heavy (non-hydrogen) atoms. The summed E-state index contributed by atoms with van der Waals surface area (Å²) >= 11 is 0. The maximum absolute atomic E-state index is 12.2. The molecule has 14 heteroatoms. The quantitative estimate of drug-likeness (QED) is 0.132. The Hall–Kier alpha value is -1.27. The van der Waals surface area contributed by atoms with Crippen LogP contribution in [-0.4, -0.2) is 139 Å². The fourth-order valence-electron chi connectivity index (χ4n) is 13.7. The number of aliphatic hydroxyl groups is 8. The van der Waals surface area contributed by atoms with E-state index in [0.717, 1.165) is 51.4 Å². The van der Waals surface area contributed by atoms with E-state index in [9.17, 15) is 50.8 Å². The van der Waals surface area contributed by atoms with E-state index in [1.54, 1.807) is 0 Å². The summed E-state index contributed by atoms with van der Waals surface area (Å²) in [5.41, 5.74) is 0.271. The number of carboxylic acids is 1. The van der Waals surface area contributed by atoms with Crippen LogP contribution in [0.1, 0.15) is 106 Å². The van der Waals surface area contributed by atoms with Crippen LogP contribution in [0, 0.1) is 50.2 Å². The first-order valence-corrected chi connectivity index (χ1v) is 20.9. The summed E-state index contributed by atoms with van der Waals surface area (Å²) in [5, 5.41) is 96.0. The van der Waals surface area contributed by atoms with E-state index in [4.69, 9.17) is 18.9 Å². The summed E-state index contributed by atoms with van der Waals surface area (Å²) in [6.07, 6.45) is -8.23. The Balaban J connectivity index is 1.17. The monoisotopic (exact) mass is 796 g/mol. The molecule has 4 saturated carbocycles. The largest absolute Gasteiger partial charge is 0.479 e. The first kappa shape index (κ1) is 42.8. The molecule has 5 aliphatic carbocycles. The molecule has 0 aromatic heterocycles. The Kier molecular flexibility index (Phi) is 11.0. The van der Waals surface area contributed by atoms with Gasteiger partial charge >= 0.3 is 5.97 Å². The standard InChI is InChI=1S/C42H68O14/c1-37(2)16-21-20-8-9-24-39(4)12-11-26(40(5,19-44)23(39)10-13-42(24,7)41(20,6)15-14-38(21,3)25(45)17-37)54-36-33(30(49)29(48)32(55-36)34(51)52)56-35-31(50)28(47)27(46)22(18-43)53-35/h8,21-33,35-36,43-50H,9-19H2,1-7H3,(H,51,52)/t21-,22?,23?,24?,25+,26-,27?,28?,29?,30?,31?,32?,33?,35?,36?,38+,39-,40+,41+,42+/m0/s1. The number of aliphatic hydroxyl groups excluding tert-OH is 8. The molecule has 7 rings (SSSR count). The summed E-state index contributed by atoms with van der Waals surface area (Å²) < 4.78 is 23.8. The van der Waals surface area contributed by atoms with Crippen molar-refractivity contribution < 1.29 is 69.7 Å². The molecule has 7 aliphatic rings. The molecule has 20 atom stereocenters. The van der Waals surface area contributed by atoms with E-state index >= 15 is 0 Å². The third kappa shape index (κ3) is 6.21. The van der Waals surface area contributed by atoms with Crippen LogP contribution in [0.2, 0.25) is 0 Å². The Labute approximate surface area is 330 Å². The number of carboxylic acid groups (broad SMARTS) is 1. The summed E-state index contributed by atoms with van der Waals surface area (Å²) in [5.74, 6) is -0.954. The van der Waals surface area contributed by atoms with Crippen LogP contribution >= 0.6 is 0 Å². The highest BCUT2D eigenvalue weighted by Gasteiger charge is 2.69. The molecule has 0 aromatic rings. The van der Waals surface area contributed by atoms with Gasteiger partial charge in [0.05, 0.1) is 25.4 Å². The lowest BCUT2D eigenvalue weighted by Gasteiger charge is -2.72. The third-order valence-corrected chi connectivity index (χ3v) is 17.4. The molecule has 0 radical (unpaired) electrons. The second-order valence-electron chi connectivity index (χ2n) is 20.8. The van der Waals surface area contributed by atoms with Gasteiger partial charge in [-0.15, -0.1) is 0 Å². The van der Waals surface area contributed by atoms with E-state index in [1.807, 2.05) is 6.92 Å². The number of hydrogen-bond acceptors (Lipinski definition) is 13. The highest BCUT2D eigenvalue weighted by atomic mass is 16.8. The smallest absolute Gasteiger partial charge is 0.335 e. The molecule has 9 N–H and O–H groups in total. The van der Waals surface area contributed by atoms with Crippen LogP contribution in [0.15, 0.2) is 11.6 Å². The molecule has 12 unspecified atom stereocenters. The van der Waals surface area contributed by atoms with Gasteiger partial charge in [0.2, 0.25) is 0 Å². The molecule has 14 nitrogen and oxygen atoms in total. The summed E-state index contributed by atoms with van der Waals surface area (Å²) in [6.45, 7) is 15.2. The number of hydrogen-bond donors (Lipinski definition) is 9. The van der Waals surface area contributed by atoms with Gasteiger partial charge in [0, 0.05) is 10.8 Å². The van der Waals surface area contributed by atoms with Gasteiger partial charge in [-0.3, -0.25) is 0 Å². The first-order valence-electron chi connectivity index (χ1n) is 20.9. The number of carbonyl (C=O) groups is 1. The van der Waals surface area contributed by atoms with E-state index in [-0.39, 0.29) is 45.7 Å². The van der Waals surface area contributed by atoms with E-state index < -0.39 is 85.5 Å². The Morgan fingerprint density at radius 2 is 1.45 bits per heavy atom. The van der Waals surface area contributed by atoms with Gasteiger partial charge in [0.15, 0.2) is 18.7 Å². The van der Waals surface area contributed by atoms with Crippen molar-refractivity contribution in [3.63, 3.8) is 0 Å². The van der Waals surface area contributed by atoms with Gasteiger partial charge in [0.25, 0.3) is 0 Å². The van der Waals surface area contributed by atoms with Crippen LogP contribution in [-0.2, 0) is 23.7 Å². The van der Waals surface area contributed by atoms with Crippen molar-refractivity contribution in [1.29, 1.82) is 0 Å². The number of rotatable bonds is 7. The maximum Gasteiger partial charge on any atom is 0.335 e. The van der Waals surface area contributed by atoms with Crippen molar-refractivity contribution in [2.45, 2.75) is 180 Å². The van der Waals surface area contributed by atoms with Crippen molar-refractivity contribution in [3.05, 3.63) is 11.6 Å². The predicted octanol–water partition coefficient (Wildman–Crippen LogP) is 1.85. The Morgan fingerprint density at radius 1 is 0.750 bits per heavy atom. The molecular weight excluding hydrogens is 728 g/mol. The molecule has 2 saturated heterocycles. The predicted molar refractivity (Wildman–Crippen MR) is 199 cm³/mol. The van der Waals surface area contributed by atoms with Gasteiger partial charge in [0.1, 0.15) is 42.7 Å². The second kappa shape index (κ2) is 14.4. The van der Waals surface area contributed by atoms with E-state index in [1.165, 1.54) is 5.57 Å². The minimum absolute atomic E-state index is 0.0149. The van der Waals surface area contributed by atoms with Crippen molar-refractivity contribution in [2.75, 3.05) is 13.2 Å². The number of fused-ring (bicyclic) bond motifs is 7. The SMILES string of the molecule is CC1(C)C[C@@H](O)[C@]2(C)CC[C@]3(C)C(=CCC4[C@@]5(C)CC[C@H](OC6OC(C(=O)O)C(O)C(O)C6OC6OC(CO)C(O)C(O)C6O)[C@](C)(CO)C5CC[C@]43C)[C@@H]2C1. The lowest BCUT2D eigenvalue weighted by atomic mass is 9.33. The average Bonchev–Trinajstić information content (AvgIpc) is 3.13. The topological polar surface area (TPSA) is 236 Å². The van der Waals surface area contributed by atoms with Crippen LogP contribution in [0.5, 0.6) is 0 Å². The lowest BCUT2D eigenvalue weighted by Crippen LogP contribution is -2.68. The minimum Gasteiger partial charge on any atom is -0.479 e. The number of allylic oxidation sites excluding steroid dienone is 2. The average molecular weight is 797 g/mol. The van der Waals surface area contributed by atoms with Gasteiger partial charge in [-0.05, 0) is 97.2 Å². The number of ether oxygens (including phenoxy) is 4. The van der Waals surface area contributed by atoms with Crippen molar-refractivity contribution in [2.24, 2.45) is 50.2 Å². The van der Waals surface area contributed by atoms with Gasteiger partial charge in [-0.2, -0.15) is 0 Å². The second-order valence-corrected chi connectivity index (χ2v) is 20.8. The number of aliphatic carboxylic acids is 1. The molecule has 0 bridgehead atoms. The van der Waals surface area contributed by atoms with Crippen LogP contribution in [0.25, 0.3) is 0 Å². The zero-order valence-corrected chi connectivity index (χ0v) is 34.1. The first-order chi connectivity index (χ1) is 26.0. The fourth-order valence-corrected chi connectivity index (χ4v) is 13.7. The van der Waals surface area contributed by atoms with Crippen molar-refractivity contribution in [1.82, 2.24) is 0 Å². The van der Waals surface area contributed by atoms with Gasteiger partial charge in [-0.25, -0.2) is 4.79 Å². The normalized spacial score (nSPS) is 55.5. The zero-order chi connectivity index (χ0) is 41.1. The molecule has 0 aromatic carbocycles. The lowest BCUT2D eigenvalue weighted by molar-refractivity contribution is -0.375.